The molecule has 2 aromatic rings. The first-order valence-corrected chi connectivity index (χ1v) is 10.1. The van der Waals surface area contributed by atoms with Crippen LogP contribution in [0.1, 0.15) is 47.8 Å². The van der Waals surface area contributed by atoms with Gasteiger partial charge in [0, 0.05) is 31.9 Å². The molecule has 0 saturated carbocycles. The zero-order valence-electron chi connectivity index (χ0n) is 15.8. The van der Waals surface area contributed by atoms with Crippen molar-refractivity contribution in [2.45, 2.75) is 44.3 Å². The molecule has 2 aliphatic rings. The van der Waals surface area contributed by atoms with E-state index in [9.17, 15) is 4.79 Å². The van der Waals surface area contributed by atoms with Gasteiger partial charge >= 0.3 is 0 Å². The number of carbonyl (C=O) groups is 1. The molecule has 1 aromatic heterocycles. The van der Waals surface area contributed by atoms with Gasteiger partial charge in [0.2, 0.25) is 0 Å². The largest absolute Gasteiger partial charge is 0.347 e. The number of piperidine rings is 2. The van der Waals surface area contributed by atoms with E-state index in [1.54, 1.807) is 0 Å². The van der Waals surface area contributed by atoms with Crippen LogP contribution >= 0.6 is 0 Å². The average molecular weight is 367 g/mol. The van der Waals surface area contributed by atoms with Crippen molar-refractivity contribution in [1.29, 1.82) is 0 Å². The standard InChI is InChI=1S/C21H29N5O/c27-21(20-10-13-26(24-20)19-9-4-11-22-14-19)23-18-8-5-12-25(16-18)15-17-6-2-1-3-7-17/h1-3,6-7,10,13,18-19,22H,4-5,8-9,11-12,14-16H2,(H,23,27). The van der Waals surface area contributed by atoms with Crippen LogP contribution in [-0.2, 0) is 6.54 Å². The summed E-state index contributed by atoms with van der Waals surface area (Å²) in [7, 11) is 0. The van der Waals surface area contributed by atoms with Crippen LogP contribution in [0.25, 0.3) is 0 Å². The van der Waals surface area contributed by atoms with Crippen LogP contribution in [0, 0.1) is 0 Å². The average Bonchev–Trinajstić information content (AvgIpc) is 3.20. The van der Waals surface area contributed by atoms with E-state index in [0.29, 0.717) is 11.7 Å². The predicted octanol–water partition coefficient (Wildman–Crippen LogP) is 2.20. The van der Waals surface area contributed by atoms with Crippen molar-refractivity contribution >= 4 is 5.91 Å². The molecule has 1 amide bonds. The lowest BCUT2D eigenvalue weighted by Crippen LogP contribution is -2.47. The number of nitrogens with zero attached hydrogens (tertiary/aromatic N) is 3. The first-order chi connectivity index (χ1) is 13.3. The van der Waals surface area contributed by atoms with Crippen molar-refractivity contribution in [3.8, 4) is 0 Å². The van der Waals surface area contributed by atoms with Crippen molar-refractivity contribution in [2.24, 2.45) is 0 Å². The fraction of sp³-hybridized carbons (Fsp3) is 0.524. The number of aromatic nitrogens is 2. The molecule has 6 nitrogen and oxygen atoms in total. The predicted molar refractivity (Wildman–Crippen MR) is 106 cm³/mol. The van der Waals surface area contributed by atoms with Crippen molar-refractivity contribution in [2.75, 3.05) is 26.2 Å². The Balaban J connectivity index is 1.31. The lowest BCUT2D eigenvalue weighted by atomic mass is 10.0. The van der Waals surface area contributed by atoms with Gasteiger partial charge in [-0.1, -0.05) is 30.3 Å². The third-order valence-corrected chi connectivity index (χ3v) is 5.58. The Morgan fingerprint density at radius 3 is 2.89 bits per heavy atom. The minimum atomic E-state index is -0.0518. The third-order valence-electron chi connectivity index (χ3n) is 5.58. The molecule has 2 atom stereocenters. The molecule has 0 bridgehead atoms. The van der Waals surface area contributed by atoms with E-state index in [1.165, 1.54) is 5.56 Å². The number of nitrogens with one attached hydrogen (secondary N) is 2. The minimum Gasteiger partial charge on any atom is -0.347 e. The van der Waals surface area contributed by atoms with Gasteiger partial charge < -0.3 is 10.6 Å². The summed E-state index contributed by atoms with van der Waals surface area (Å²) in [6.45, 7) is 4.93. The highest BCUT2D eigenvalue weighted by Gasteiger charge is 2.23. The van der Waals surface area contributed by atoms with E-state index in [-0.39, 0.29) is 11.9 Å². The highest BCUT2D eigenvalue weighted by molar-refractivity contribution is 5.92. The Morgan fingerprint density at radius 2 is 2.07 bits per heavy atom. The molecule has 6 heteroatoms. The summed E-state index contributed by atoms with van der Waals surface area (Å²) in [6.07, 6.45) is 6.36. The molecule has 2 unspecified atom stereocenters. The highest BCUT2D eigenvalue weighted by Crippen LogP contribution is 2.17. The monoisotopic (exact) mass is 367 g/mol. The number of hydrogen-bond acceptors (Lipinski definition) is 4. The number of likely N-dealkylation sites (tertiary alicyclic amines) is 1. The lowest BCUT2D eigenvalue weighted by Gasteiger charge is -2.33. The van der Waals surface area contributed by atoms with Crippen LogP contribution in [-0.4, -0.2) is 52.8 Å². The van der Waals surface area contributed by atoms with Gasteiger partial charge in [0.05, 0.1) is 6.04 Å². The number of amides is 1. The fourth-order valence-electron chi connectivity index (χ4n) is 4.14. The van der Waals surface area contributed by atoms with Crippen LogP contribution in [0.4, 0.5) is 0 Å². The van der Waals surface area contributed by atoms with Gasteiger partial charge in [-0.25, -0.2) is 0 Å². The van der Waals surface area contributed by atoms with Crippen LogP contribution in [0.5, 0.6) is 0 Å². The smallest absolute Gasteiger partial charge is 0.272 e. The fourth-order valence-corrected chi connectivity index (χ4v) is 4.14. The second-order valence-corrected chi connectivity index (χ2v) is 7.71. The number of benzene rings is 1. The van der Waals surface area contributed by atoms with Gasteiger partial charge in [-0.2, -0.15) is 5.10 Å². The zero-order valence-corrected chi connectivity index (χ0v) is 15.8. The quantitative estimate of drug-likeness (QED) is 0.851. The molecule has 3 heterocycles. The van der Waals surface area contributed by atoms with E-state index in [4.69, 9.17) is 0 Å². The van der Waals surface area contributed by atoms with E-state index in [1.807, 2.05) is 23.0 Å². The van der Waals surface area contributed by atoms with E-state index in [2.05, 4.69) is 44.9 Å². The molecule has 2 aliphatic heterocycles. The summed E-state index contributed by atoms with van der Waals surface area (Å²) < 4.78 is 1.95. The molecule has 2 fully saturated rings. The normalized spacial score (nSPS) is 23.9. The third kappa shape index (κ3) is 4.76. The van der Waals surface area contributed by atoms with E-state index in [0.717, 1.165) is 58.4 Å². The Bertz CT molecular complexity index is 738. The van der Waals surface area contributed by atoms with Crippen molar-refractivity contribution in [1.82, 2.24) is 25.3 Å². The van der Waals surface area contributed by atoms with Crippen molar-refractivity contribution in [3.05, 3.63) is 53.9 Å². The van der Waals surface area contributed by atoms with Gasteiger partial charge in [-0.3, -0.25) is 14.4 Å². The van der Waals surface area contributed by atoms with Gasteiger partial charge in [0.1, 0.15) is 5.69 Å². The summed E-state index contributed by atoms with van der Waals surface area (Å²) in [4.78, 5) is 15.1. The van der Waals surface area contributed by atoms with Gasteiger partial charge in [0.15, 0.2) is 0 Å². The van der Waals surface area contributed by atoms with Crippen molar-refractivity contribution < 1.29 is 4.79 Å². The lowest BCUT2D eigenvalue weighted by molar-refractivity contribution is 0.0894. The second kappa shape index (κ2) is 8.67. The van der Waals surface area contributed by atoms with Crippen LogP contribution in [0.3, 0.4) is 0 Å². The maximum Gasteiger partial charge on any atom is 0.272 e. The SMILES string of the molecule is O=C(NC1CCCN(Cc2ccccc2)C1)c1ccn(C2CCCNC2)n1. The Labute approximate surface area is 160 Å². The molecule has 4 rings (SSSR count). The first-order valence-electron chi connectivity index (χ1n) is 10.1. The van der Waals surface area contributed by atoms with Crippen LogP contribution < -0.4 is 10.6 Å². The molecule has 0 radical (unpaired) electrons. The first kappa shape index (κ1) is 18.2. The maximum atomic E-state index is 12.7. The Hall–Kier alpha value is -2.18. The number of rotatable bonds is 5. The molecule has 1 aromatic carbocycles. The van der Waals surface area contributed by atoms with Crippen LogP contribution in [0.2, 0.25) is 0 Å². The molecule has 2 N–H and O–H groups in total. The molecule has 27 heavy (non-hydrogen) atoms. The van der Waals surface area contributed by atoms with Gasteiger partial charge in [-0.05, 0) is 50.4 Å². The van der Waals surface area contributed by atoms with E-state index < -0.39 is 0 Å². The molecule has 0 spiro atoms. The maximum absolute atomic E-state index is 12.7. The Kier molecular flexibility index (Phi) is 5.84. The van der Waals surface area contributed by atoms with Crippen LogP contribution in [0.15, 0.2) is 42.6 Å². The topological polar surface area (TPSA) is 62.2 Å². The molecular formula is C21H29N5O. The number of hydrogen-bond donors (Lipinski definition) is 2. The minimum absolute atomic E-state index is 0.0518. The zero-order chi connectivity index (χ0) is 18.5. The van der Waals surface area contributed by atoms with Gasteiger partial charge in [-0.15, -0.1) is 0 Å². The van der Waals surface area contributed by atoms with Crippen molar-refractivity contribution in [3.63, 3.8) is 0 Å². The summed E-state index contributed by atoms with van der Waals surface area (Å²) in [5, 5.41) is 11.1. The summed E-state index contributed by atoms with van der Waals surface area (Å²) in [5.74, 6) is -0.0518. The Morgan fingerprint density at radius 1 is 1.19 bits per heavy atom. The summed E-state index contributed by atoms with van der Waals surface area (Å²) >= 11 is 0. The number of carbonyl (C=O) groups excluding carboxylic acids is 1. The molecule has 0 aliphatic carbocycles. The van der Waals surface area contributed by atoms with E-state index >= 15 is 0 Å². The molecule has 144 valence electrons. The summed E-state index contributed by atoms with van der Waals surface area (Å²) in [6, 6.07) is 12.9. The van der Waals surface area contributed by atoms with Gasteiger partial charge in [0.25, 0.3) is 5.91 Å². The highest BCUT2D eigenvalue weighted by atomic mass is 16.2. The second-order valence-electron chi connectivity index (χ2n) is 7.71. The summed E-state index contributed by atoms with van der Waals surface area (Å²) in [5.41, 5.74) is 1.85. The molecular weight excluding hydrogens is 338 g/mol. The molecule has 2 saturated heterocycles.